The minimum atomic E-state index is -0.442. The highest BCUT2D eigenvalue weighted by Crippen LogP contribution is 2.40. The van der Waals surface area contributed by atoms with Gasteiger partial charge >= 0.3 is 0 Å². The Morgan fingerprint density at radius 2 is 1.72 bits per heavy atom. The number of rotatable bonds is 7. The number of hydrogen-bond donors (Lipinski definition) is 2. The predicted molar refractivity (Wildman–Crippen MR) is 113 cm³/mol. The molecule has 2 amide bonds. The van der Waals surface area contributed by atoms with Crippen molar-refractivity contribution < 1.29 is 14.3 Å². The number of nitrogens with zero attached hydrogens (tertiary/aromatic N) is 1. The number of anilines is 1. The summed E-state index contributed by atoms with van der Waals surface area (Å²) in [6, 6.07) is 7.98. The molecule has 0 bridgehead atoms. The van der Waals surface area contributed by atoms with Crippen molar-refractivity contribution >= 4 is 17.5 Å². The zero-order valence-corrected chi connectivity index (χ0v) is 17.3. The van der Waals surface area contributed by atoms with Crippen LogP contribution in [0, 0.1) is 5.92 Å². The lowest BCUT2D eigenvalue weighted by atomic mass is 9.68. The highest BCUT2D eigenvalue weighted by Gasteiger charge is 2.41. The molecular formula is C23H33N3O3. The summed E-state index contributed by atoms with van der Waals surface area (Å²) >= 11 is 0. The number of ether oxygens (including phenoxy) is 1. The van der Waals surface area contributed by atoms with E-state index < -0.39 is 5.41 Å². The molecule has 2 N–H and O–H groups in total. The molecule has 3 fully saturated rings. The van der Waals surface area contributed by atoms with Gasteiger partial charge in [0.1, 0.15) is 0 Å². The summed E-state index contributed by atoms with van der Waals surface area (Å²) in [6.07, 6.45) is 7.13. The average Bonchev–Trinajstić information content (AvgIpc) is 3.61. The average molecular weight is 400 g/mol. The minimum absolute atomic E-state index is 0.117. The normalized spacial score (nSPS) is 22.1. The molecular weight excluding hydrogens is 366 g/mol. The molecule has 0 spiro atoms. The van der Waals surface area contributed by atoms with E-state index in [0.717, 1.165) is 82.6 Å². The smallest absolute Gasteiger partial charge is 0.230 e. The van der Waals surface area contributed by atoms with E-state index in [-0.39, 0.29) is 17.7 Å². The van der Waals surface area contributed by atoms with Crippen LogP contribution in [0.3, 0.4) is 0 Å². The molecule has 2 saturated carbocycles. The standard InChI is InChI=1S/C23H33N3O3/c27-21(18-4-5-18)25-20-8-6-19(7-9-20)23(10-2-1-3-11-23)22(28)24-12-13-26-14-16-29-17-15-26/h6-9,18H,1-5,10-17H2,(H,24,28)(H,25,27). The fourth-order valence-electron chi connectivity index (χ4n) is 4.59. The zero-order chi connectivity index (χ0) is 20.1. The first-order chi connectivity index (χ1) is 14.2. The molecule has 6 heteroatoms. The maximum absolute atomic E-state index is 13.3. The van der Waals surface area contributed by atoms with Crippen molar-refractivity contribution in [1.82, 2.24) is 10.2 Å². The van der Waals surface area contributed by atoms with Crippen LogP contribution in [0.4, 0.5) is 5.69 Å². The molecule has 3 aliphatic rings. The van der Waals surface area contributed by atoms with Gasteiger partial charge in [-0.1, -0.05) is 31.4 Å². The van der Waals surface area contributed by atoms with Crippen LogP contribution >= 0.6 is 0 Å². The molecule has 0 atom stereocenters. The number of benzene rings is 1. The third-order valence-electron chi connectivity index (χ3n) is 6.61. The Labute approximate surface area is 173 Å². The molecule has 2 aliphatic carbocycles. The first-order valence-electron chi connectivity index (χ1n) is 11.2. The Bertz CT molecular complexity index is 703. The molecule has 4 rings (SSSR count). The lowest BCUT2D eigenvalue weighted by molar-refractivity contribution is -0.128. The monoisotopic (exact) mass is 399 g/mol. The summed E-state index contributed by atoms with van der Waals surface area (Å²) in [5, 5.41) is 6.21. The van der Waals surface area contributed by atoms with Gasteiger partial charge in [0.25, 0.3) is 0 Å². The van der Waals surface area contributed by atoms with Crippen molar-refractivity contribution in [2.75, 3.05) is 44.7 Å². The molecule has 0 radical (unpaired) electrons. The highest BCUT2D eigenvalue weighted by molar-refractivity contribution is 5.94. The largest absolute Gasteiger partial charge is 0.379 e. The van der Waals surface area contributed by atoms with E-state index in [1.54, 1.807) is 0 Å². The van der Waals surface area contributed by atoms with Crippen molar-refractivity contribution in [2.24, 2.45) is 5.92 Å². The van der Waals surface area contributed by atoms with Crippen LogP contribution in [0.5, 0.6) is 0 Å². The lowest BCUT2D eigenvalue weighted by Crippen LogP contribution is -2.48. The van der Waals surface area contributed by atoms with E-state index in [1.165, 1.54) is 6.42 Å². The number of morpholine rings is 1. The summed E-state index contributed by atoms with van der Waals surface area (Å²) in [4.78, 5) is 27.6. The van der Waals surface area contributed by atoms with Crippen LogP contribution < -0.4 is 10.6 Å². The van der Waals surface area contributed by atoms with Crippen molar-refractivity contribution in [1.29, 1.82) is 0 Å². The summed E-state index contributed by atoms with van der Waals surface area (Å²) < 4.78 is 5.39. The Kier molecular flexibility index (Phi) is 6.50. The van der Waals surface area contributed by atoms with Crippen molar-refractivity contribution in [3.8, 4) is 0 Å². The lowest BCUT2D eigenvalue weighted by Gasteiger charge is -2.37. The maximum Gasteiger partial charge on any atom is 0.230 e. The number of carbonyl (C=O) groups excluding carboxylic acids is 2. The van der Waals surface area contributed by atoms with Crippen molar-refractivity contribution in [3.05, 3.63) is 29.8 Å². The summed E-state index contributed by atoms with van der Waals surface area (Å²) in [5.74, 6) is 0.461. The van der Waals surface area contributed by atoms with E-state index in [9.17, 15) is 9.59 Å². The van der Waals surface area contributed by atoms with Gasteiger partial charge in [-0.3, -0.25) is 14.5 Å². The molecule has 1 saturated heterocycles. The van der Waals surface area contributed by atoms with E-state index in [2.05, 4.69) is 15.5 Å². The molecule has 0 aromatic heterocycles. The summed E-state index contributed by atoms with van der Waals surface area (Å²) in [6.45, 7) is 4.99. The predicted octanol–water partition coefficient (Wildman–Crippen LogP) is 2.69. The van der Waals surface area contributed by atoms with Gasteiger partial charge in [-0.2, -0.15) is 0 Å². The topological polar surface area (TPSA) is 70.7 Å². The van der Waals surface area contributed by atoms with Crippen LogP contribution in [0.15, 0.2) is 24.3 Å². The van der Waals surface area contributed by atoms with Crippen molar-refractivity contribution in [2.45, 2.75) is 50.4 Å². The third kappa shape index (κ3) is 4.98. The van der Waals surface area contributed by atoms with Gasteiger partial charge in [-0.15, -0.1) is 0 Å². The van der Waals surface area contributed by atoms with Gasteiger partial charge in [-0.25, -0.2) is 0 Å². The Morgan fingerprint density at radius 1 is 1.03 bits per heavy atom. The van der Waals surface area contributed by atoms with E-state index in [4.69, 9.17) is 4.74 Å². The van der Waals surface area contributed by atoms with Gasteiger partial charge in [0, 0.05) is 37.8 Å². The first kappa shape index (κ1) is 20.4. The van der Waals surface area contributed by atoms with Crippen molar-refractivity contribution in [3.63, 3.8) is 0 Å². The number of hydrogen-bond acceptors (Lipinski definition) is 4. The first-order valence-corrected chi connectivity index (χ1v) is 11.2. The molecule has 29 heavy (non-hydrogen) atoms. The van der Waals surface area contributed by atoms with Crippen LogP contribution in [-0.4, -0.2) is 56.1 Å². The summed E-state index contributed by atoms with van der Waals surface area (Å²) in [7, 11) is 0. The second-order valence-electron chi connectivity index (χ2n) is 8.69. The van der Waals surface area contributed by atoms with E-state index in [1.807, 2.05) is 24.3 Å². The number of amides is 2. The quantitative estimate of drug-likeness (QED) is 0.740. The highest BCUT2D eigenvalue weighted by atomic mass is 16.5. The second kappa shape index (κ2) is 9.26. The Balaban J connectivity index is 1.39. The zero-order valence-electron chi connectivity index (χ0n) is 17.3. The van der Waals surface area contributed by atoms with Gasteiger partial charge in [0.15, 0.2) is 0 Å². The fraction of sp³-hybridized carbons (Fsp3) is 0.652. The van der Waals surface area contributed by atoms with E-state index >= 15 is 0 Å². The van der Waals surface area contributed by atoms with Crippen LogP contribution in [-0.2, 0) is 19.7 Å². The molecule has 158 valence electrons. The molecule has 1 heterocycles. The Morgan fingerprint density at radius 3 is 2.38 bits per heavy atom. The van der Waals surface area contributed by atoms with Gasteiger partial charge in [-0.05, 0) is 43.4 Å². The van der Waals surface area contributed by atoms with Gasteiger partial charge < -0.3 is 15.4 Å². The molecule has 6 nitrogen and oxygen atoms in total. The maximum atomic E-state index is 13.3. The minimum Gasteiger partial charge on any atom is -0.379 e. The molecule has 1 aromatic carbocycles. The van der Waals surface area contributed by atoms with Crippen LogP contribution in [0.25, 0.3) is 0 Å². The van der Waals surface area contributed by atoms with Gasteiger partial charge in [0.05, 0.1) is 18.6 Å². The Hall–Kier alpha value is -1.92. The van der Waals surface area contributed by atoms with E-state index in [0.29, 0.717) is 6.54 Å². The third-order valence-corrected chi connectivity index (χ3v) is 6.61. The van der Waals surface area contributed by atoms with Crippen LogP contribution in [0.2, 0.25) is 0 Å². The SMILES string of the molecule is O=C(Nc1ccc(C2(C(=O)NCCN3CCOCC3)CCCCC2)cc1)C1CC1. The van der Waals surface area contributed by atoms with Gasteiger partial charge in [0.2, 0.25) is 11.8 Å². The van der Waals surface area contributed by atoms with Crippen LogP contribution in [0.1, 0.15) is 50.5 Å². The summed E-state index contributed by atoms with van der Waals surface area (Å²) in [5.41, 5.74) is 1.46. The molecule has 1 aliphatic heterocycles. The number of nitrogens with one attached hydrogen (secondary N) is 2. The molecule has 0 unspecified atom stereocenters. The molecule has 1 aromatic rings. The second-order valence-corrected chi connectivity index (χ2v) is 8.69. The fourth-order valence-corrected chi connectivity index (χ4v) is 4.59. The number of carbonyl (C=O) groups is 2.